The van der Waals surface area contributed by atoms with Gasteiger partial charge in [-0.2, -0.15) is 0 Å². The number of fused-ring (bicyclic) bond motifs is 3. The van der Waals surface area contributed by atoms with Crippen LogP contribution in [0.5, 0.6) is 0 Å². The molecule has 1 aliphatic carbocycles. The van der Waals surface area contributed by atoms with E-state index >= 15 is 0 Å². The van der Waals surface area contributed by atoms with Crippen molar-refractivity contribution in [3.05, 3.63) is 47.7 Å². The van der Waals surface area contributed by atoms with Crippen molar-refractivity contribution < 1.29 is 4.42 Å². The molecule has 0 radical (unpaired) electrons. The van der Waals surface area contributed by atoms with E-state index in [0.29, 0.717) is 0 Å². The molecule has 0 fully saturated rings. The van der Waals surface area contributed by atoms with E-state index < -0.39 is 0 Å². The molecule has 1 nitrogen and oxygen atoms in total. The summed E-state index contributed by atoms with van der Waals surface area (Å²) in [6, 6.07) is 8.14. The van der Waals surface area contributed by atoms with Gasteiger partial charge in [0.1, 0.15) is 11.3 Å². The first-order valence-electron chi connectivity index (χ1n) is 6.80. The van der Waals surface area contributed by atoms with E-state index in [9.17, 15) is 0 Å². The minimum atomic E-state index is 0.966. The minimum absolute atomic E-state index is 0.966. The molecule has 0 N–H and O–H groups in total. The molecule has 2 aromatic rings. The molecule has 96 valence electrons. The number of benzene rings is 1. The van der Waals surface area contributed by atoms with Crippen LogP contribution in [0.25, 0.3) is 23.1 Å². The van der Waals surface area contributed by atoms with Crippen LogP contribution in [0.2, 0.25) is 0 Å². The summed E-state index contributed by atoms with van der Waals surface area (Å²) in [5.74, 6) is 0.972. The molecule has 0 atom stereocenters. The van der Waals surface area contributed by atoms with Crippen LogP contribution in [-0.4, -0.2) is 0 Å². The molecule has 3 rings (SSSR count). The summed E-state index contributed by atoms with van der Waals surface area (Å²) in [5, 5.41) is 1.20. The van der Waals surface area contributed by atoms with E-state index in [2.05, 4.69) is 30.4 Å². The summed E-state index contributed by atoms with van der Waals surface area (Å²) < 4.78 is 5.73. The fraction of sp³-hybridized carbons (Fsp3) is 0.294. The zero-order valence-corrected chi connectivity index (χ0v) is 11.7. The predicted octanol–water partition coefficient (Wildman–Crippen LogP) is 5.92. The summed E-state index contributed by atoms with van der Waals surface area (Å²) in [4.78, 5) is 0. The molecule has 0 spiro atoms. The van der Waals surface area contributed by atoms with Crippen molar-refractivity contribution in [1.29, 1.82) is 0 Å². The van der Waals surface area contributed by atoms with Gasteiger partial charge in [0.15, 0.2) is 0 Å². The Labute approximate surface area is 110 Å². The SMILES string of the molecule is C1=Cc2oc3ccccc3c2C=CC1.CC.CC. The second kappa shape index (κ2) is 7.54. The maximum absolute atomic E-state index is 5.73. The number of hydrogen-bond donors (Lipinski definition) is 0. The van der Waals surface area contributed by atoms with Crippen LogP contribution in [-0.2, 0) is 0 Å². The lowest BCUT2D eigenvalue weighted by Gasteiger charge is -1.88. The molecule has 1 aliphatic rings. The first kappa shape index (κ1) is 14.3. The van der Waals surface area contributed by atoms with Gasteiger partial charge < -0.3 is 4.42 Å². The summed E-state index contributed by atoms with van der Waals surface area (Å²) in [7, 11) is 0. The van der Waals surface area contributed by atoms with Gasteiger partial charge in [0.05, 0.1) is 0 Å². The Bertz CT molecular complexity index is 530. The number of furan rings is 1. The van der Waals surface area contributed by atoms with Crippen molar-refractivity contribution >= 4 is 23.1 Å². The van der Waals surface area contributed by atoms with Crippen molar-refractivity contribution in [3.63, 3.8) is 0 Å². The van der Waals surface area contributed by atoms with E-state index in [1.54, 1.807) is 0 Å². The van der Waals surface area contributed by atoms with Gasteiger partial charge in [-0.05, 0) is 18.6 Å². The molecule has 1 aromatic heterocycles. The van der Waals surface area contributed by atoms with Crippen LogP contribution >= 0.6 is 0 Å². The first-order valence-corrected chi connectivity index (χ1v) is 6.80. The monoisotopic (exact) mass is 242 g/mol. The zero-order valence-electron chi connectivity index (χ0n) is 11.7. The Balaban J connectivity index is 0.000000371. The van der Waals surface area contributed by atoms with Crippen molar-refractivity contribution in [1.82, 2.24) is 0 Å². The average Bonchev–Trinajstić information content (AvgIpc) is 2.65. The quantitative estimate of drug-likeness (QED) is 0.559. The number of allylic oxidation sites excluding steroid dienone is 2. The second-order valence-electron chi connectivity index (χ2n) is 3.42. The van der Waals surface area contributed by atoms with Gasteiger partial charge in [-0.25, -0.2) is 0 Å². The Morgan fingerprint density at radius 3 is 2.33 bits per heavy atom. The van der Waals surface area contributed by atoms with Gasteiger partial charge in [0.25, 0.3) is 0 Å². The number of rotatable bonds is 0. The predicted molar refractivity (Wildman–Crippen MR) is 81.6 cm³/mol. The largest absolute Gasteiger partial charge is 0.456 e. The molecule has 0 saturated carbocycles. The van der Waals surface area contributed by atoms with E-state index in [1.807, 2.05) is 45.9 Å². The lowest BCUT2D eigenvalue weighted by atomic mass is 10.1. The Hall–Kier alpha value is -1.76. The highest BCUT2D eigenvalue weighted by molar-refractivity contribution is 5.91. The van der Waals surface area contributed by atoms with Crippen LogP contribution < -0.4 is 0 Å². The van der Waals surface area contributed by atoms with Crippen LogP contribution in [0.3, 0.4) is 0 Å². The molecule has 1 aromatic carbocycles. The summed E-state index contributed by atoms with van der Waals surface area (Å²) in [6.45, 7) is 8.00. The van der Waals surface area contributed by atoms with Gasteiger partial charge >= 0.3 is 0 Å². The maximum Gasteiger partial charge on any atom is 0.135 e. The first-order chi connectivity index (χ1) is 8.95. The number of hydrogen-bond acceptors (Lipinski definition) is 1. The van der Waals surface area contributed by atoms with Gasteiger partial charge in [0, 0.05) is 10.9 Å². The lowest BCUT2D eigenvalue weighted by molar-refractivity contribution is 0.603. The van der Waals surface area contributed by atoms with Crippen molar-refractivity contribution in [2.24, 2.45) is 0 Å². The normalized spacial score (nSPS) is 11.8. The summed E-state index contributed by atoms with van der Waals surface area (Å²) >= 11 is 0. The maximum atomic E-state index is 5.73. The topological polar surface area (TPSA) is 13.1 Å². The molecule has 0 amide bonds. The van der Waals surface area contributed by atoms with Crippen LogP contribution in [0.15, 0.2) is 40.8 Å². The van der Waals surface area contributed by atoms with Crippen LogP contribution in [0.4, 0.5) is 0 Å². The molecule has 0 aliphatic heterocycles. The lowest BCUT2D eigenvalue weighted by Crippen LogP contribution is -1.70. The average molecular weight is 242 g/mol. The van der Waals surface area contributed by atoms with E-state index in [0.717, 1.165) is 17.8 Å². The highest BCUT2D eigenvalue weighted by atomic mass is 16.3. The van der Waals surface area contributed by atoms with Gasteiger partial charge in [-0.3, -0.25) is 0 Å². The third-order valence-corrected chi connectivity index (χ3v) is 2.49. The molecular formula is C17H22O. The number of para-hydroxylation sites is 1. The summed E-state index contributed by atoms with van der Waals surface area (Å²) in [5.41, 5.74) is 2.17. The molecule has 1 heteroatoms. The van der Waals surface area contributed by atoms with E-state index in [-0.39, 0.29) is 0 Å². The smallest absolute Gasteiger partial charge is 0.135 e. The molecule has 1 heterocycles. The highest BCUT2D eigenvalue weighted by Gasteiger charge is 2.09. The molecule has 0 unspecified atom stereocenters. The summed E-state index contributed by atoms with van der Waals surface area (Å²) in [6.07, 6.45) is 9.45. The Morgan fingerprint density at radius 1 is 0.889 bits per heavy atom. The fourth-order valence-corrected chi connectivity index (χ4v) is 1.82. The second-order valence-corrected chi connectivity index (χ2v) is 3.42. The molecule has 0 bridgehead atoms. The van der Waals surface area contributed by atoms with Crippen molar-refractivity contribution in [3.8, 4) is 0 Å². The van der Waals surface area contributed by atoms with Crippen LogP contribution in [0, 0.1) is 0 Å². The van der Waals surface area contributed by atoms with Crippen molar-refractivity contribution in [2.75, 3.05) is 0 Å². The van der Waals surface area contributed by atoms with Gasteiger partial charge in [-0.1, -0.05) is 64.1 Å². The zero-order chi connectivity index (χ0) is 13.4. The van der Waals surface area contributed by atoms with Crippen LogP contribution in [0.1, 0.15) is 45.4 Å². The Morgan fingerprint density at radius 2 is 1.56 bits per heavy atom. The minimum Gasteiger partial charge on any atom is -0.456 e. The molecular weight excluding hydrogens is 220 g/mol. The third-order valence-electron chi connectivity index (χ3n) is 2.49. The standard InChI is InChI=1S/C13H10O.2C2H6/c1-2-6-10-11-7-4-5-9-13(11)14-12(10)8-3-1;2*1-2/h2-9H,1H2;2*1-2H3. The third kappa shape index (κ3) is 2.92. The Kier molecular flexibility index (Phi) is 5.99. The highest BCUT2D eigenvalue weighted by Crippen LogP contribution is 2.29. The van der Waals surface area contributed by atoms with E-state index in [1.165, 1.54) is 10.9 Å². The van der Waals surface area contributed by atoms with Gasteiger partial charge in [-0.15, -0.1) is 0 Å². The van der Waals surface area contributed by atoms with Gasteiger partial charge in [0.2, 0.25) is 0 Å². The fourth-order valence-electron chi connectivity index (χ4n) is 1.82. The molecule has 0 saturated heterocycles. The molecule has 18 heavy (non-hydrogen) atoms. The van der Waals surface area contributed by atoms with Crippen molar-refractivity contribution in [2.45, 2.75) is 34.1 Å². The van der Waals surface area contributed by atoms with E-state index in [4.69, 9.17) is 4.42 Å².